The zero-order valence-electron chi connectivity index (χ0n) is 13.6. The summed E-state index contributed by atoms with van der Waals surface area (Å²) in [5.74, 6) is 1.85. The minimum atomic E-state index is -0.342. The number of benzene rings is 1. The zero-order chi connectivity index (χ0) is 16.2. The molecule has 2 aromatic rings. The number of thioether (sulfide) groups is 1. The van der Waals surface area contributed by atoms with Gasteiger partial charge < -0.3 is 9.52 Å². The van der Waals surface area contributed by atoms with Crippen molar-refractivity contribution < 1.29 is 9.52 Å². The van der Waals surface area contributed by atoms with Gasteiger partial charge in [-0.25, -0.2) is 4.79 Å². The molecule has 0 aliphatic heterocycles. The first-order valence-electron chi connectivity index (χ1n) is 8.53. The maximum absolute atomic E-state index is 11.7. The molecule has 1 aliphatic rings. The van der Waals surface area contributed by atoms with Gasteiger partial charge in [0.1, 0.15) is 11.3 Å². The van der Waals surface area contributed by atoms with Gasteiger partial charge in [-0.15, -0.1) is 0 Å². The second kappa shape index (κ2) is 7.43. The molecule has 0 radical (unpaired) electrons. The number of fused-ring (bicyclic) bond motifs is 1. The fourth-order valence-electron chi connectivity index (χ4n) is 3.47. The first kappa shape index (κ1) is 16.4. The van der Waals surface area contributed by atoms with Crippen molar-refractivity contribution in [2.24, 2.45) is 5.92 Å². The fraction of sp³-hybridized carbons (Fsp3) is 0.526. The summed E-state index contributed by atoms with van der Waals surface area (Å²) in [6.45, 7) is 2.29. The highest BCUT2D eigenvalue weighted by Gasteiger charge is 2.18. The average Bonchev–Trinajstić information content (AvgIpc) is 2.77. The lowest BCUT2D eigenvalue weighted by Gasteiger charge is -2.15. The smallest absolute Gasteiger partial charge is 0.336 e. The second-order valence-corrected chi connectivity index (χ2v) is 7.78. The van der Waals surface area contributed by atoms with Crippen LogP contribution in [-0.4, -0.2) is 10.4 Å². The van der Waals surface area contributed by atoms with Crippen LogP contribution in [0, 0.1) is 5.92 Å². The normalized spacial score (nSPS) is 22.1. The van der Waals surface area contributed by atoms with Crippen molar-refractivity contribution in [3.05, 3.63) is 40.2 Å². The van der Waals surface area contributed by atoms with E-state index in [1.165, 1.54) is 44.6 Å². The molecule has 124 valence electrons. The summed E-state index contributed by atoms with van der Waals surface area (Å²) in [6.07, 6.45) is 7.88. The maximum Gasteiger partial charge on any atom is 0.336 e. The molecule has 0 bridgehead atoms. The number of hydrogen-bond acceptors (Lipinski definition) is 4. The van der Waals surface area contributed by atoms with Crippen LogP contribution >= 0.6 is 11.8 Å². The Balaban J connectivity index is 1.73. The number of rotatable bonds is 4. The predicted octanol–water partition coefficient (Wildman–Crippen LogP) is 5.09. The van der Waals surface area contributed by atoms with E-state index in [9.17, 15) is 9.90 Å². The first-order chi connectivity index (χ1) is 11.2. The molecule has 23 heavy (non-hydrogen) atoms. The molecule has 1 aromatic heterocycles. The van der Waals surface area contributed by atoms with E-state index >= 15 is 0 Å². The summed E-state index contributed by atoms with van der Waals surface area (Å²) in [5, 5.41) is 11.2. The lowest BCUT2D eigenvalue weighted by atomic mass is 9.98. The van der Waals surface area contributed by atoms with Crippen LogP contribution in [0.1, 0.15) is 51.0 Å². The Labute approximate surface area is 141 Å². The minimum absolute atomic E-state index is 0.125. The van der Waals surface area contributed by atoms with Gasteiger partial charge in [0.05, 0.1) is 0 Å². The summed E-state index contributed by atoms with van der Waals surface area (Å²) in [5.41, 5.74) is 1.14. The van der Waals surface area contributed by atoms with Crippen LogP contribution in [0.25, 0.3) is 11.0 Å². The van der Waals surface area contributed by atoms with E-state index in [2.05, 4.69) is 6.92 Å². The van der Waals surface area contributed by atoms with Crippen molar-refractivity contribution in [3.63, 3.8) is 0 Å². The molecule has 0 spiro atoms. The van der Waals surface area contributed by atoms with E-state index in [0.717, 1.165) is 22.6 Å². The van der Waals surface area contributed by atoms with E-state index in [4.69, 9.17) is 4.42 Å². The van der Waals surface area contributed by atoms with Gasteiger partial charge in [0.25, 0.3) is 0 Å². The average molecular weight is 332 g/mol. The van der Waals surface area contributed by atoms with E-state index in [1.807, 2.05) is 17.8 Å². The van der Waals surface area contributed by atoms with Gasteiger partial charge in [0, 0.05) is 28.5 Å². The molecule has 3 rings (SSSR count). The van der Waals surface area contributed by atoms with Crippen LogP contribution in [0.2, 0.25) is 0 Å². The van der Waals surface area contributed by atoms with Crippen molar-refractivity contribution in [2.75, 3.05) is 0 Å². The lowest BCUT2D eigenvalue weighted by molar-refractivity contribution is 0.447. The fourth-order valence-corrected chi connectivity index (χ4v) is 4.76. The summed E-state index contributed by atoms with van der Waals surface area (Å²) >= 11 is 1.96. The number of aromatic hydroxyl groups is 1. The van der Waals surface area contributed by atoms with Crippen molar-refractivity contribution in [1.29, 1.82) is 0 Å². The highest BCUT2D eigenvalue weighted by molar-refractivity contribution is 7.99. The van der Waals surface area contributed by atoms with Crippen LogP contribution in [-0.2, 0) is 5.75 Å². The maximum atomic E-state index is 11.7. The molecule has 1 saturated carbocycles. The van der Waals surface area contributed by atoms with Gasteiger partial charge >= 0.3 is 5.63 Å². The van der Waals surface area contributed by atoms with Crippen LogP contribution in [0.4, 0.5) is 0 Å². The van der Waals surface area contributed by atoms with E-state index in [0.29, 0.717) is 10.8 Å². The Bertz CT molecular complexity index is 722. The summed E-state index contributed by atoms with van der Waals surface area (Å²) in [7, 11) is 0. The Morgan fingerprint density at radius 3 is 2.91 bits per heavy atom. The number of hydrogen-bond donors (Lipinski definition) is 1. The summed E-state index contributed by atoms with van der Waals surface area (Å²) < 4.78 is 5.20. The molecule has 2 unspecified atom stereocenters. The quantitative estimate of drug-likeness (QED) is 0.626. The third-order valence-electron chi connectivity index (χ3n) is 4.90. The largest absolute Gasteiger partial charge is 0.508 e. The Kier molecular flexibility index (Phi) is 5.31. The third kappa shape index (κ3) is 4.11. The molecule has 1 fully saturated rings. The molecule has 4 heteroatoms. The Hall–Kier alpha value is -1.42. The lowest BCUT2D eigenvalue weighted by Crippen LogP contribution is -2.04. The summed E-state index contributed by atoms with van der Waals surface area (Å²) in [6, 6.07) is 6.60. The molecule has 1 N–H and O–H groups in total. The Morgan fingerprint density at radius 2 is 2.09 bits per heavy atom. The zero-order valence-corrected chi connectivity index (χ0v) is 14.4. The molecule has 1 aromatic carbocycles. The van der Waals surface area contributed by atoms with Gasteiger partial charge in [0.2, 0.25) is 0 Å². The molecular weight excluding hydrogens is 308 g/mol. The topological polar surface area (TPSA) is 50.4 Å². The SMILES string of the molecule is CCC1CCCC(SCc2cc(=O)oc3cc(O)ccc23)CC1. The van der Waals surface area contributed by atoms with Gasteiger partial charge in [-0.1, -0.05) is 26.2 Å². The molecule has 2 atom stereocenters. The highest BCUT2D eigenvalue weighted by atomic mass is 32.2. The first-order valence-corrected chi connectivity index (χ1v) is 9.58. The highest BCUT2D eigenvalue weighted by Crippen LogP contribution is 2.34. The Morgan fingerprint density at radius 1 is 1.22 bits per heavy atom. The monoisotopic (exact) mass is 332 g/mol. The predicted molar refractivity (Wildman–Crippen MR) is 96.1 cm³/mol. The molecule has 3 nitrogen and oxygen atoms in total. The van der Waals surface area contributed by atoms with Crippen LogP contribution in [0.15, 0.2) is 33.5 Å². The van der Waals surface area contributed by atoms with Crippen molar-refractivity contribution in [2.45, 2.75) is 56.5 Å². The molecular formula is C19H24O3S. The van der Waals surface area contributed by atoms with E-state index in [-0.39, 0.29) is 11.4 Å². The van der Waals surface area contributed by atoms with Gasteiger partial charge in [0.15, 0.2) is 0 Å². The minimum Gasteiger partial charge on any atom is -0.508 e. The van der Waals surface area contributed by atoms with Gasteiger partial charge in [-0.2, -0.15) is 11.8 Å². The number of phenolic OH excluding ortho intramolecular Hbond substituents is 1. The van der Waals surface area contributed by atoms with Crippen LogP contribution in [0.5, 0.6) is 5.75 Å². The second-order valence-electron chi connectivity index (χ2n) is 6.49. The van der Waals surface area contributed by atoms with Crippen molar-refractivity contribution in [1.82, 2.24) is 0 Å². The molecule has 1 heterocycles. The standard InChI is InChI=1S/C19H24O3S/c1-2-13-4-3-5-16(8-6-13)23-12-14-10-19(21)22-18-11-15(20)7-9-17(14)18/h7,9-11,13,16,20H,2-6,8,12H2,1H3. The van der Waals surface area contributed by atoms with E-state index < -0.39 is 0 Å². The number of phenols is 1. The molecule has 0 saturated heterocycles. The summed E-state index contributed by atoms with van der Waals surface area (Å²) in [4.78, 5) is 11.7. The van der Waals surface area contributed by atoms with Gasteiger partial charge in [-0.05, 0) is 42.9 Å². The third-order valence-corrected chi connectivity index (χ3v) is 6.32. The molecule has 0 amide bonds. The van der Waals surface area contributed by atoms with Crippen LogP contribution < -0.4 is 5.63 Å². The van der Waals surface area contributed by atoms with Crippen molar-refractivity contribution >= 4 is 22.7 Å². The van der Waals surface area contributed by atoms with E-state index in [1.54, 1.807) is 12.1 Å². The van der Waals surface area contributed by atoms with Crippen LogP contribution in [0.3, 0.4) is 0 Å². The van der Waals surface area contributed by atoms with Crippen molar-refractivity contribution in [3.8, 4) is 5.75 Å². The van der Waals surface area contributed by atoms with Gasteiger partial charge in [-0.3, -0.25) is 0 Å². The molecule has 1 aliphatic carbocycles.